The first kappa shape index (κ1) is 11.9. The summed E-state index contributed by atoms with van der Waals surface area (Å²) in [4.78, 5) is 0. The Morgan fingerprint density at radius 1 is 1.35 bits per heavy atom. The molecule has 0 aromatic heterocycles. The van der Waals surface area contributed by atoms with E-state index in [9.17, 15) is 4.39 Å². The lowest BCUT2D eigenvalue weighted by molar-refractivity contribution is 0.179. The van der Waals surface area contributed by atoms with E-state index in [1.54, 1.807) is 6.07 Å². The molecule has 17 heavy (non-hydrogen) atoms. The van der Waals surface area contributed by atoms with Crippen molar-refractivity contribution in [3.8, 4) is 11.8 Å². The number of benzene rings is 1. The van der Waals surface area contributed by atoms with E-state index in [-0.39, 0.29) is 11.9 Å². The second kappa shape index (κ2) is 5.65. The lowest BCUT2D eigenvalue weighted by Gasteiger charge is -2.17. The van der Waals surface area contributed by atoms with Gasteiger partial charge in [0.1, 0.15) is 6.10 Å². The first-order valence-corrected chi connectivity index (χ1v) is 5.86. The molecule has 1 fully saturated rings. The molecule has 0 amide bonds. The van der Waals surface area contributed by atoms with Gasteiger partial charge >= 0.3 is 0 Å². The summed E-state index contributed by atoms with van der Waals surface area (Å²) in [6.07, 6.45) is 2.93. The molecular weight excluding hydrogens is 219 g/mol. The summed E-state index contributed by atoms with van der Waals surface area (Å²) in [6, 6.07) is 6.23. The molecular formula is C13H15FN2O. The van der Waals surface area contributed by atoms with Crippen LogP contribution in [0.25, 0.3) is 0 Å². The second-order valence-corrected chi connectivity index (χ2v) is 4.18. The molecule has 1 aliphatic heterocycles. The fourth-order valence-electron chi connectivity index (χ4n) is 1.95. The van der Waals surface area contributed by atoms with Crippen LogP contribution in [0.2, 0.25) is 0 Å². The molecule has 3 nitrogen and oxygen atoms in total. The Balaban J connectivity index is 2.05. The van der Waals surface area contributed by atoms with Crippen molar-refractivity contribution in [2.45, 2.75) is 25.4 Å². The van der Waals surface area contributed by atoms with Crippen molar-refractivity contribution < 1.29 is 9.13 Å². The minimum Gasteiger partial charge on any atom is -0.487 e. The molecule has 0 saturated carbocycles. The van der Waals surface area contributed by atoms with Crippen LogP contribution in [0.1, 0.15) is 24.8 Å². The average molecular weight is 234 g/mol. The van der Waals surface area contributed by atoms with E-state index in [0.29, 0.717) is 5.56 Å². The van der Waals surface area contributed by atoms with Crippen molar-refractivity contribution in [1.29, 1.82) is 5.26 Å². The highest BCUT2D eigenvalue weighted by atomic mass is 19.1. The molecule has 0 radical (unpaired) electrons. The summed E-state index contributed by atoms with van der Waals surface area (Å²) in [6.45, 7) is 1.90. The van der Waals surface area contributed by atoms with Gasteiger partial charge in [0.25, 0.3) is 0 Å². The number of ether oxygens (including phenoxy) is 1. The van der Waals surface area contributed by atoms with Gasteiger partial charge in [-0.2, -0.15) is 5.26 Å². The van der Waals surface area contributed by atoms with E-state index in [4.69, 9.17) is 10.00 Å². The summed E-state index contributed by atoms with van der Waals surface area (Å²) >= 11 is 0. The van der Waals surface area contributed by atoms with Crippen molar-refractivity contribution in [1.82, 2.24) is 5.32 Å². The molecule has 1 aliphatic rings. The highest BCUT2D eigenvalue weighted by Crippen LogP contribution is 2.22. The van der Waals surface area contributed by atoms with E-state index in [1.165, 1.54) is 12.1 Å². The molecule has 1 atom stereocenters. The van der Waals surface area contributed by atoms with E-state index in [1.807, 2.05) is 6.07 Å². The number of hydrogen-bond acceptors (Lipinski definition) is 3. The Bertz CT molecular complexity index is 420. The van der Waals surface area contributed by atoms with Gasteiger partial charge in [-0.3, -0.25) is 0 Å². The summed E-state index contributed by atoms with van der Waals surface area (Å²) in [5.74, 6) is -0.211. The SMILES string of the molecule is N#Cc1ccc(OC2CCCNCC2)c(F)c1. The molecule has 0 aliphatic carbocycles. The smallest absolute Gasteiger partial charge is 0.166 e. The van der Waals surface area contributed by atoms with Gasteiger partial charge in [0, 0.05) is 0 Å². The number of halogens is 1. The number of nitrogens with zero attached hydrogens (tertiary/aromatic N) is 1. The summed E-state index contributed by atoms with van der Waals surface area (Å²) in [7, 11) is 0. The van der Waals surface area contributed by atoms with Crippen molar-refractivity contribution >= 4 is 0 Å². The number of rotatable bonds is 2. The fraction of sp³-hybridized carbons (Fsp3) is 0.462. The highest BCUT2D eigenvalue weighted by Gasteiger charge is 2.15. The average Bonchev–Trinajstić information content (AvgIpc) is 2.60. The van der Waals surface area contributed by atoms with E-state index in [2.05, 4.69) is 5.32 Å². The molecule has 0 bridgehead atoms. The van der Waals surface area contributed by atoms with Crippen LogP contribution in [0.5, 0.6) is 5.75 Å². The zero-order valence-electron chi connectivity index (χ0n) is 9.58. The lowest BCUT2D eigenvalue weighted by atomic mass is 10.1. The van der Waals surface area contributed by atoms with Crippen molar-refractivity contribution in [2.24, 2.45) is 0 Å². The van der Waals surface area contributed by atoms with Crippen molar-refractivity contribution in [3.63, 3.8) is 0 Å². The molecule has 1 heterocycles. The van der Waals surface area contributed by atoms with Crippen molar-refractivity contribution in [3.05, 3.63) is 29.6 Å². The third-order valence-corrected chi connectivity index (χ3v) is 2.88. The molecule has 4 heteroatoms. The quantitative estimate of drug-likeness (QED) is 0.853. The van der Waals surface area contributed by atoms with Gasteiger partial charge in [-0.15, -0.1) is 0 Å². The molecule has 90 valence electrons. The molecule has 1 aromatic rings. The summed E-state index contributed by atoms with van der Waals surface area (Å²) in [5.41, 5.74) is 0.317. The maximum Gasteiger partial charge on any atom is 0.166 e. The van der Waals surface area contributed by atoms with Crippen LogP contribution in [-0.4, -0.2) is 19.2 Å². The van der Waals surface area contributed by atoms with Crippen LogP contribution in [0.4, 0.5) is 4.39 Å². The van der Waals surface area contributed by atoms with E-state index < -0.39 is 5.82 Å². The Kier molecular flexibility index (Phi) is 3.94. The minimum atomic E-state index is -0.457. The van der Waals surface area contributed by atoms with Crippen LogP contribution < -0.4 is 10.1 Å². The van der Waals surface area contributed by atoms with Crippen LogP contribution >= 0.6 is 0 Å². The Labute approximate surface area is 100 Å². The van der Waals surface area contributed by atoms with Crippen LogP contribution in [0, 0.1) is 17.1 Å². The van der Waals surface area contributed by atoms with Crippen LogP contribution in [-0.2, 0) is 0 Å². The molecule has 1 saturated heterocycles. The number of hydrogen-bond donors (Lipinski definition) is 1. The third-order valence-electron chi connectivity index (χ3n) is 2.88. The lowest BCUT2D eigenvalue weighted by Crippen LogP contribution is -2.19. The first-order valence-electron chi connectivity index (χ1n) is 5.86. The maximum absolute atomic E-state index is 13.6. The van der Waals surface area contributed by atoms with Crippen LogP contribution in [0.15, 0.2) is 18.2 Å². The van der Waals surface area contributed by atoms with Gasteiger partial charge in [0.15, 0.2) is 11.6 Å². The standard InChI is InChI=1S/C13H15FN2O/c14-12-8-10(9-15)3-4-13(12)17-11-2-1-6-16-7-5-11/h3-4,8,11,16H,1-2,5-7H2. The molecule has 1 aromatic carbocycles. The Hall–Kier alpha value is -1.60. The monoisotopic (exact) mass is 234 g/mol. The van der Waals surface area contributed by atoms with Gasteiger partial charge in [0.05, 0.1) is 11.6 Å². The minimum absolute atomic E-state index is 0.0624. The number of nitrogens with one attached hydrogen (secondary N) is 1. The van der Waals surface area contributed by atoms with Gasteiger partial charge in [-0.05, 0) is 50.6 Å². The molecule has 1 N–H and O–H groups in total. The summed E-state index contributed by atoms with van der Waals surface area (Å²) in [5, 5.41) is 11.9. The zero-order valence-corrected chi connectivity index (χ0v) is 9.58. The first-order chi connectivity index (χ1) is 8.29. The largest absolute Gasteiger partial charge is 0.487 e. The Morgan fingerprint density at radius 2 is 2.24 bits per heavy atom. The Morgan fingerprint density at radius 3 is 3.00 bits per heavy atom. The van der Waals surface area contributed by atoms with Crippen molar-refractivity contribution in [2.75, 3.05) is 13.1 Å². The third kappa shape index (κ3) is 3.18. The van der Waals surface area contributed by atoms with Gasteiger partial charge in [0.2, 0.25) is 0 Å². The van der Waals surface area contributed by atoms with E-state index >= 15 is 0 Å². The fourth-order valence-corrected chi connectivity index (χ4v) is 1.95. The predicted molar refractivity (Wildman–Crippen MR) is 62.3 cm³/mol. The molecule has 1 unspecified atom stereocenters. The zero-order chi connectivity index (χ0) is 12.1. The van der Waals surface area contributed by atoms with Gasteiger partial charge in [-0.1, -0.05) is 0 Å². The number of nitriles is 1. The van der Waals surface area contributed by atoms with E-state index in [0.717, 1.165) is 32.4 Å². The summed E-state index contributed by atoms with van der Waals surface area (Å²) < 4.78 is 19.2. The van der Waals surface area contributed by atoms with Gasteiger partial charge < -0.3 is 10.1 Å². The second-order valence-electron chi connectivity index (χ2n) is 4.18. The topological polar surface area (TPSA) is 45.0 Å². The predicted octanol–water partition coefficient (Wildman–Crippen LogP) is 2.22. The van der Waals surface area contributed by atoms with Gasteiger partial charge in [-0.25, -0.2) is 4.39 Å². The molecule has 0 spiro atoms. The highest BCUT2D eigenvalue weighted by molar-refractivity contribution is 5.36. The molecule has 2 rings (SSSR count). The van der Waals surface area contributed by atoms with Crippen LogP contribution in [0.3, 0.4) is 0 Å². The normalized spacial score (nSPS) is 20.4. The maximum atomic E-state index is 13.6.